The predicted molar refractivity (Wildman–Crippen MR) is 135 cm³/mol. The number of hydrogen-bond donors (Lipinski definition) is 1. The molecule has 0 saturated carbocycles. The normalized spacial score (nSPS) is 15.3. The average molecular weight is 424 g/mol. The van der Waals surface area contributed by atoms with Crippen molar-refractivity contribution in [1.82, 2.24) is 4.90 Å². The molecule has 1 aliphatic carbocycles. The Morgan fingerprint density at radius 2 is 1.52 bits per heavy atom. The fourth-order valence-corrected chi connectivity index (χ4v) is 5.18. The molecule has 172 valence electrons. The van der Waals surface area contributed by atoms with Gasteiger partial charge in [0.15, 0.2) is 0 Å². The van der Waals surface area contributed by atoms with E-state index >= 15 is 0 Å². The van der Waals surface area contributed by atoms with Crippen molar-refractivity contribution in [1.29, 1.82) is 0 Å². The summed E-state index contributed by atoms with van der Waals surface area (Å²) in [6, 6.07) is 9.14. The summed E-state index contributed by atoms with van der Waals surface area (Å²) in [6.45, 7) is 14.4. The van der Waals surface area contributed by atoms with Crippen molar-refractivity contribution in [2.24, 2.45) is 11.8 Å². The summed E-state index contributed by atoms with van der Waals surface area (Å²) >= 11 is 0. The maximum atomic E-state index is 11.2. The standard InChI is InChI=1S/C29H45NO/c1-21(2)10-8-16-30(17-9-11-22(3)4)20-29(31)25-14-15-27-26-13-7-6-12-24(26)18-23(5)28(27)19-25/h14-15,18-19,21-22,29,31H,6-13,16-17,20H2,1-5H3. The number of rotatable bonds is 11. The number of aliphatic hydroxyl groups is 1. The van der Waals surface area contributed by atoms with Gasteiger partial charge in [-0.1, -0.05) is 45.9 Å². The van der Waals surface area contributed by atoms with Gasteiger partial charge in [-0.25, -0.2) is 0 Å². The van der Waals surface area contributed by atoms with Crippen molar-refractivity contribution in [3.63, 3.8) is 0 Å². The minimum atomic E-state index is -0.419. The highest BCUT2D eigenvalue weighted by Gasteiger charge is 2.18. The summed E-state index contributed by atoms with van der Waals surface area (Å²) in [6.07, 6.45) is 9.58. The number of benzene rings is 2. The van der Waals surface area contributed by atoms with Gasteiger partial charge in [0.1, 0.15) is 0 Å². The van der Waals surface area contributed by atoms with E-state index in [2.05, 4.69) is 63.8 Å². The monoisotopic (exact) mass is 423 g/mol. The Balaban J connectivity index is 1.73. The Morgan fingerprint density at radius 3 is 2.16 bits per heavy atom. The highest BCUT2D eigenvalue weighted by atomic mass is 16.3. The zero-order valence-corrected chi connectivity index (χ0v) is 20.7. The molecule has 2 heteroatoms. The molecular weight excluding hydrogens is 378 g/mol. The summed E-state index contributed by atoms with van der Waals surface area (Å²) in [5.41, 5.74) is 5.53. The van der Waals surface area contributed by atoms with Crippen molar-refractivity contribution in [3.05, 3.63) is 46.5 Å². The molecule has 0 fully saturated rings. The van der Waals surface area contributed by atoms with Gasteiger partial charge in [-0.3, -0.25) is 0 Å². The molecule has 3 rings (SSSR count). The lowest BCUT2D eigenvalue weighted by Crippen LogP contribution is -2.31. The van der Waals surface area contributed by atoms with Crippen LogP contribution in [0.5, 0.6) is 0 Å². The van der Waals surface area contributed by atoms with Crippen molar-refractivity contribution < 1.29 is 5.11 Å². The molecular formula is C29H45NO. The third kappa shape index (κ3) is 6.80. The number of hydrogen-bond acceptors (Lipinski definition) is 2. The fraction of sp³-hybridized carbons (Fsp3) is 0.655. The summed E-state index contributed by atoms with van der Waals surface area (Å²) < 4.78 is 0. The van der Waals surface area contributed by atoms with E-state index in [-0.39, 0.29) is 0 Å². The highest BCUT2D eigenvalue weighted by Crippen LogP contribution is 2.33. The smallest absolute Gasteiger partial charge is 0.0917 e. The quantitative estimate of drug-likeness (QED) is 0.412. The topological polar surface area (TPSA) is 23.5 Å². The van der Waals surface area contributed by atoms with E-state index in [1.165, 1.54) is 67.7 Å². The van der Waals surface area contributed by atoms with Gasteiger partial charge >= 0.3 is 0 Å². The van der Waals surface area contributed by atoms with Crippen molar-refractivity contribution in [3.8, 4) is 0 Å². The molecule has 0 amide bonds. The second-order valence-corrected chi connectivity index (χ2v) is 10.7. The second-order valence-electron chi connectivity index (χ2n) is 10.7. The molecule has 1 N–H and O–H groups in total. The molecule has 2 nitrogen and oxygen atoms in total. The average Bonchev–Trinajstić information content (AvgIpc) is 2.73. The number of aryl methyl sites for hydroxylation is 3. The second kappa shape index (κ2) is 11.5. The van der Waals surface area contributed by atoms with Crippen LogP contribution in [0.15, 0.2) is 24.3 Å². The first-order valence-corrected chi connectivity index (χ1v) is 12.8. The van der Waals surface area contributed by atoms with Crippen LogP contribution in [0.3, 0.4) is 0 Å². The van der Waals surface area contributed by atoms with Gasteiger partial charge in [0.2, 0.25) is 0 Å². The third-order valence-electron chi connectivity index (χ3n) is 7.02. The summed E-state index contributed by atoms with van der Waals surface area (Å²) in [4.78, 5) is 2.50. The predicted octanol–water partition coefficient (Wildman–Crippen LogP) is 7.23. The minimum Gasteiger partial charge on any atom is -0.387 e. The van der Waals surface area contributed by atoms with Gasteiger partial charge in [-0.05, 0) is 122 Å². The largest absolute Gasteiger partial charge is 0.387 e. The van der Waals surface area contributed by atoms with E-state index in [1.807, 2.05) is 0 Å². The van der Waals surface area contributed by atoms with Crippen LogP contribution in [0.4, 0.5) is 0 Å². The lowest BCUT2D eigenvalue weighted by molar-refractivity contribution is 0.109. The maximum Gasteiger partial charge on any atom is 0.0917 e. The summed E-state index contributed by atoms with van der Waals surface area (Å²) in [5, 5.41) is 13.9. The SMILES string of the molecule is Cc1cc2c(c3ccc(C(O)CN(CCCC(C)C)CCCC(C)C)cc13)CCCC2. The molecule has 0 radical (unpaired) electrons. The Bertz CT molecular complexity index is 824. The molecule has 1 atom stereocenters. The van der Waals surface area contributed by atoms with E-state index in [4.69, 9.17) is 0 Å². The molecule has 2 aromatic carbocycles. The Kier molecular flexibility index (Phi) is 8.98. The molecule has 0 saturated heterocycles. The van der Waals surface area contributed by atoms with Crippen LogP contribution >= 0.6 is 0 Å². The molecule has 0 aromatic heterocycles. The first-order chi connectivity index (χ1) is 14.8. The Hall–Kier alpha value is -1.38. The van der Waals surface area contributed by atoms with Crippen LogP contribution in [0.2, 0.25) is 0 Å². The highest BCUT2D eigenvalue weighted by molar-refractivity contribution is 5.90. The molecule has 31 heavy (non-hydrogen) atoms. The van der Waals surface area contributed by atoms with Crippen molar-refractivity contribution >= 4 is 10.8 Å². The van der Waals surface area contributed by atoms with Crippen LogP contribution < -0.4 is 0 Å². The molecule has 0 bridgehead atoms. The lowest BCUT2D eigenvalue weighted by Gasteiger charge is -2.26. The van der Waals surface area contributed by atoms with Crippen molar-refractivity contribution in [2.75, 3.05) is 19.6 Å². The Morgan fingerprint density at radius 1 is 0.871 bits per heavy atom. The van der Waals surface area contributed by atoms with Crippen LogP contribution in [-0.2, 0) is 12.8 Å². The van der Waals surface area contributed by atoms with E-state index in [9.17, 15) is 5.11 Å². The molecule has 0 aliphatic heterocycles. The van der Waals surface area contributed by atoms with Crippen LogP contribution in [-0.4, -0.2) is 29.6 Å². The first-order valence-electron chi connectivity index (χ1n) is 12.8. The zero-order valence-electron chi connectivity index (χ0n) is 20.7. The van der Waals surface area contributed by atoms with E-state index in [0.29, 0.717) is 0 Å². The van der Waals surface area contributed by atoms with Crippen LogP contribution in [0, 0.1) is 18.8 Å². The zero-order chi connectivity index (χ0) is 22.4. The van der Waals surface area contributed by atoms with Gasteiger partial charge in [0, 0.05) is 6.54 Å². The number of fused-ring (bicyclic) bond motifs is 3. The van der Waals surface area contributed by atoms with Gasteiger partial charge in [-0.15, -0.1) is 0 Å². The number of nitrogens with zero attached hydrogens (tertiary/aromatic N) is 1. The molecule has 0 spiro atoms. The fourth-order valence-electron chi connectivity index (χ4n) is 5.18. The van der Waals surface area contributed by atoms with Gasteiger partial charge in [0.05, 0.1) is 6.10 Å². The van der Waals surface area contributed by atoms with Crippen LogP contribution in [0.25, 0.3) is 10.8 Å². The van der Waals surface area contributed by atoms with Gasteiger partial charge in [-0.2, -0.15) is 0 Å². The number of aliphatic hydroxyl groups excluding tert-OH is 1. The summed E-state index contributed by atoms with van der Waals surface area (Å²) in [7, 11) is 0. The molecule has 1 unspecified atom stereocenters. The Labute approximate surface area is 191 Å². The van der Waals surface area contributed by atoms with Gasteiger partial charge in [0.25, 0.3) is 0 Å². The van der Waals surface area contributed by atoms with Gasteiger partial charge < -0.3 is 10.0 Å². The van der Waals surface area contributed by atoms with E-state index in [0.717, 1.165) is 37.0 Å². The molecule has 2 aromatic rings. The van der Waals surface area contributed by atoms with Crippen molar-refractivity contribution in [2.45, 2.75) is 92.1 Å². The van der Waals surface area contributed by atoms with E-state index in [1.54, 1.807) is 11.1 Å². The maximum absolute atomic E-state index is 11.2. The minimum absolute atomic E-state index is 0.419. The van der Waals surface area contributed by atoms with Crippen LogP contribution in [0.1, 0.15) is 94.6 Å². The molecule has 0 heterocycles. The lowest BCUT2D eigenvalue weighted by atomic mass is 9.85. The van der Waals surface area contributed by atoms with E-state index < -0.39 is 6.10 Å². The first kappa shape index (κ1) is 24.3. The third-order valence-corrected chi connectivity index (χ3v) is 7.02. The molecule has 1 aliphatic rings. The summed E-state index contributed by atoms with van der Waals surface area (Å²) in [5.74, 6) is 1.49.